The number of hydrogen-bond acceptors (Lipinski definition) is 5. The van der Waals surface area contributed by atoms with Gasteiger partial charge in [0.2, 0.25) is 5.91 Å². The van der Waals surface area contributed by atoms with Crippen molar-refractivity contribution in [3.8, 4) is 0 Å². The van der Waals surface area contributed by atoms with E-state index in [9.17, 15) is 13.2 Å². The van der Waals surface area contributed by atoms with Gasteiger partial charge < -0.3 is 10.6 Å². The lowest BCUT2D eigenvalue weighted by molar-refractivity contribution is -0.122. The monoisotopic (exact) mass is 303 g/mol. The first kappa shape index (κ1) is 15.7. The van der Waals surface area contributed by atoms with Crippen molar-refractivity contribution in [1.29, 1.82) is 0 Å². The summed E-state index contributed by atoms with van der Waals surface area (Å²) in [5, 5.41) is 6.24. The van der Waals surface area contributed by atoms with E-state index in [-0.39, 0.29) is 23.3 Å². The number of piperazine rings is 1. The predicted molar refractivity (Wildman–Crippen MR) is 78.3 cm³/mol. The molecule has 2 rings (SSSR count). The SMILES string of the molecule is O=C(CC1CCS(=O)(=O)CC1)NCCN1CCNCC1. The quantitative estimate of drug-likeness (QED) is 0.697. The highest BCUT2D eigenvalue weighted by Gasteiger charge is 2.25. The molecule has 2 heterocycles. The Morgan fingerprint density at radius 2 is 1.85 bits per heavy atom. The van der Waals surface area contributed by atoms with Gasteiger partial charge in [0.05, 0.1) is 11.5 Å². The molecule has 0 spiro atoms. The van der Waals surface area contributed by atoms with Gasteiger partial charge >= 0.3 is 0 Å². The average Bonchev–Trinajstić information content (AvgIpc) is 2.42. The first-order valence-electron chi connectivity index (χ1n) is 7.45. The van der Waals surface area contributed by atoms with Crippen molar-refractivity contribution in [2.75, 3.05) is 50.8 Å². The summed E-state index contributed by atoms with van der Waals surface area (Å²) in [7, 11) is -2.83. The minimum atomic E-state index is -2.83. The Bertz CT molecular complexity index is 405. The molecule has 20 heavy (non-hydrogen) atoms. The summed E-state index contributed by atoms with van der Waals surface area (Å²) in [6.45, 7) is 5.69. The molecule has 0 bridgehead atoms. The molecule has 7 heteroatoms. The van der Waals surface area contributed by atoms with Crippen LogP contribution in [-0.4, -0.2) is 70.0 Å². The Kier molecular flexibility index (Phi) is 5.80. The fraction of sp³-hybridized carbons (Fsp3) is 0.923. The molecular formula is C13H25N3O3S. The van der Waals surface area contributed by atoms with Gasteiger partial charge in [-0.1, -0.05) is 0 Å². The van der Waals surface area contributed by atoms with Crippen LogP contribution >= 0.6 is 0 Å². The summed E-state index contributed by atoms with van der Waals surface area (Å²) in [6.07, 6.45) is 1.73. The molecule has 2 N–H and O–H groups in total. The predicted octanol–water partition coefficient (Wildman–Crippen LogP) is -0.777. The number of amides is 1. The minimum Gasteiger partial charge on any atom is -0.355 e. The smallest absolute Gasteiger partial charge is 0.220 e. The van der Waals surface area contributed by atoms with Gasteiger partial charge in [-0.05, 0) is 18.8 Å². The van der Waals surface area contributed by atoms with Crippen LogP contribution in [0.4, 0.5) is 0 Å². The van der Waals surface area contributed by atoms with Crippen LogP contribution in [0.1, 0.15) is 19.3 Å². The van der Waals surface area contributed by atoms with Crippen molar-refractivity contribution in [2.45, 2.75) is 19.3 Å². The third-order valence-electron chi connectivity index (χ3n) is 4.11. The molecule has 0 atom stereocenters. The Morgan fingerprint density at radius 1 is 1.20 bits per heavy atom. The summed E-state index contributed by atoms with van der Waals surface area (Å²) >= 11 is 0. The molecule has 2 aliphatic heterocycles. The van der Waals surface area contributed by atoms with Crippen LogP contribution < -0.4 is 10.6 Å². The Labute approximate surface area is 121 Å². The third kappa shape index (κ3) is 5.38. The van der Waals surface area contributed by atoms with Crippen LogP contribution in [0, 0.1) is 5.92 Å². The lowest BCUT2D eigenvalue weighted by atomic mass is 9.98. The van der Waals surface area contributed by atoms with Gasteiger partial charge in [0.15, 0.2) is 0 Å². The van der Waals surface area contributed by atoms with Gasteiger partial charge in [0.25, 0.3) is 0 Å². The van der Waals surface area contributed by atoms with E-state index in [2.05, 4.69) is 15.5 Å². The number of carbonyl (C=O) groups excluding carboxylic acids is 1. The van der Waals surface area contributed by atoms with Gasteiger partial charge in [0, 0.05) is 45.7 Å². The molecular weight excluding hydrogens is 278 g/mol. The first-order valence-corrected chi connectivity index (χ1v) is 9.27. The summed E-state index contributed by atoms with van der Waals surface area (Å²) in [5.41, 5.74) is 0. The van der Waals surface area contributed by atoms with E-state index in [0.717, 1.165) is 32.7 Å². The number of rotatable bonds is 5. The number of nitrogens with one attached hydrogen (secondary N) is 2. The van der Waals surface area contributed by atoms with Crippen molar-refractivity contribution in [1.82, 2.24) is 15.5 Å². The molecule has 116 valence electrons. The topological polar surface area (TPSA) is 78.5 Å². The Balaban J connectivity index is 1.58. The molecule has 0 aliphatic carbocycles. The van der Waals surface area contributed by atoms with E-state index in [1.54, 1.807) is 0 Å². The van der Waals surface area contributed by atoms with Crippen molar-refractivity contribution in [3.05, 3.63) is 0 Å². The average molecular weight is 303 g/mol. The second-order valence-electron chi connectivity index (χ2n) is 5.74. The maximum atomic E-state index is 11.8. The molecule has 2 saturated heterocycles. The third-order valence-corrected chi connectivity index (χ3v) is 5.82. The lowest BCUT2D eigenvalue weighted by Crippen LogP contribution is -2.46. The van der Waals surface area contributed by atoms with Crippen molar-refractivity contribution in [2.24, 2.45) is 5.92 Å². The summed E-state index contributed by atoms with van der Waals surface area (Å²) < 4.78 is 22.6. The Morgan fingerprint density at radius 3 is 2.50 bits per heavy atom. The van der Waals surface area contributed by atoms with Crippen LogP contribution in [0.3, 0.4) is 0 Å². The summed E-state index contributed by atoms with van der Waals surface area (Å²) in [5.74, 6) is 0.777. The van der Waals surface area contributed by atoms with E-state index in [1.165, 1.54) is 0 Å². The van der Waals surface area contributed by atoms with Crippen LogP contribution in [0.15, 0.2) is 0 Å². The van der Waals surface area contributed by atoms with Gasteiger partial charge in [-0.2, -0.15) is 0 Å². The number of sulfone groups is 1. The minimum absolute atomic E-state index is 0.0597. The van der Waals surface area contributed by atoms with Crippen molar-refractivity contribution < 1.29 is 13.2 Å². The van der Waals surface area contributed by atoms with Crippen LogP contribution in [0.5, 0.6) is 0 Å². The highest BCUT2D eigenvalue weighted by Crippen LogP contribution is 2.21. The van der Waals surface area contributed by atoms with E-state index in [1.807, 2.05) is 0 Å². The molecule has 0 aromatic heterocycles. The molecule has 0 unspecified atom stereocenters. The fourth-order valence-electron chi connectivity index (χ4n) is 2.77. The number of hydrogen-bond donors (Lipinski definition) is 2. The van der Waals surface area contributed by atoms with E-state index in [4.69, 9.17) is 0 Å². The molecule has 2 fully saturated rings. The van der Waals surface area contributed by atoms with Gasteiger partial charge in [-0.3, -0.25) is 9.69 Å². The van der Waals surface area contributed by atoms with Gasteiger partial charge in [-0.15, -0.1) is 0 Å². The molecule has 2 aliphatic rings. The molecule has 0 radical (unpaired) electrons. The largest absolute Gasteiger partial charge is 0.355 e. The zero-order valence-electron chi connectivity index (χ0n) is 11.9. The Hall–Kier alpha value is -0.660. The normalized spacial score (nSPS) is 24.4. The van der Waals surface area contributed by atoms with Crippen LogP contribution in [0.25, 0.3) is 0 Å². The van der Waals surface area contributed by atoms with Crippen LogP contribution in [-0.2, 0) is 14.6 Å². The number of nitrogens with zero attached hydrogens (tertiary/aromatic N) is 1. The van der Waals surface area contributed by atoms with E-state index < -0.39 is 9.84 Å². The van der Waals surface area contributed by atoms with E-state index >= 15 is 0 Å². The van der Waals surface area contributed by atoms with E-state index in [0.29, 0.717) is 25.8 Å². The standard InChI is InChI=1S/C13H25N3O3S/c17-13(11-12-1-9-20(18,19)10-2-12)15-5-8-16-6-3-14-4-7-16/h12,14H,1-11H2,(H,15,17). The van der Waals surface area contributed by atoms with Gasteiger partial charge in [-0.25, -0.2) is 8.42 Å². The molecule has 1 amide bonds. The van der Waals surface area contributed by atoms with Crippen molar-refractivity contribution >= 4 is 15.7 Å². The number of carbonyl (C=O) groups is 1. The molecule has 0 saturated carbocycles. The summed E-state index contributed by atoms with van der Waals surface area (Å²) in [6, 6.07) is 0. The maximum Gasteiger partial charge on any atom is 0.220 e. The van der Waals surface area contributed by atoms with Crippen molar-refractivity contribution in [3.63, 3.8) is 0 Å². The molecule has 0 aromatic carbocycles. The molecule has 6 nitrogen and oxygen atoms in total. The first-order chi connectivity index (χ1) is 9.55. The highest BCUT2D eigenvalue weighted by molar-refractivity contribution is 7.91. The summed E-state index contributed by atoms with van der Waals surface area (Å²) in [4.78, 5) is 14.2. The highest BCUT2D eigenvalue weighted by atomic mass is 32.2. The van der Waals surface area contributed by atoms with Crippen LogP contribution in [0.2, 0.25) is 0 Å². The second-order valence-corrected chi connectivity index (χ2v) is 8.04. The van der Waals surface area contributed by atoms with Gasteiger partial charge in [0.1, 0.15) is 9.84 Å². The zero-order chi connectivity index (χ0) is 14.4. The lowest BCUT2D eigenvalue weighted by Gasteiger charge is -2.27. The fourth-order valence-corrected chi connectivity index (χ4v) is 4.35. The maximum absolute atomic E-state index is 11.8. The second kappa shape index (κ2) is 7.38. The molecule has 0 aromatic rings. The zero-order valence-corrected chi connectivity index (χ0v) is 12.8.